The molecular formula is C8H11NO4. The summed E-state index contributed by atoms with van der Waals surface area (Å²) < 4.78 is 4.66. The second-order valence-electron chi connectivity index (χ2n) is 2.18. The van der Waals surface area contributed by atoms with Crippen LogP contribution in [0.2, 0.25) is 0 Å². The Morgan fingerprint density at radius 1 is 1.54 bits per heavy atom. The zero-order chi connectivity index (χ0) is 10.1. The van der Waals surface area contributed by atoms with Crippen molar-refractivity contribution in [2.75, 3.05) is 19.8 Å². The number of carbonyl (C=O) groups excluding carboxylic acids is 1. The van der Waals surface area contributed by atoms with Gasteiger partial charge in [-0.25, -0.2) is 4.79 Å². The van der Waals surface area contributed by atoms with E-state index in [0.29, 0.717) is 0 Å². The van der Waals surface area contributed by atoms with Crippen molar-refractivity contribution in [1.82, 2.24) is 5.32 Å². The van der Waals surface area contributed by atoms with Gasteiger partial charge in [0, 0.05) is 6.54 Å². The summed E-state index contributed by atoms with van der Waals surface area (Å²) in [6.45, 7) is 0.0847. The highest BCUT2D eigenvalue weighted by Crippen LogP contribution is 1.76. The van der Waals surface area contributed by atoms with E-state index in [1.165, 1.54) is 0 Å². The number of hydrogen-bond acceptors (Lipinski definition) is 3. The lowest BCUT2D eigenvalue weighted by Gasteiger charge is -2.02. The molecule has 0 aliphatic heterocycles. The molecule has 0 spiro atoms. The van der Waals surface area contributed by atoms with Crippen molar-refractivity contribution in [3.05, 3.63) is 0 Å². The Hall–Kier alpha value is -1.54. The van der Waals surface area contributed by atoms with E-state index in [2.05, 4.69) is 16.0 Å². The van der Waals surface area contributed by atoms with E-state index >= 15 is 0 Å². The molecule has 0 rings (SSSR count). The minimum absolute atomic E-state index is 0.0267. The van der Waals surface area contributed by atoms with Gasteiger partial charge in [-0.05, 0) is 0 Å². The zero-order valence-corrected chi connectivity index (χ0v) is 7.08. The van der Waals surface area contributed by atoms with E-state index in [-0.39, 0.29) is 32.1 Å². The van der Waals surface area contributed by atoms with Gasteiger partial charge in [0.25, 0.3) is 0 Å². The van der Waals surface area contributed by atoms with E-state index in [9.17, 15) is 9.59 Å². The molecule has 0 aromatic carbocycles. The zero-order valence-electron chi connectivity index (χ0n) is 7.08. The van der Waals surface area contributed by atoms with Crippen molar-refractivity contribution >= 4 is 11.9 Å². The average Bonchev–Trinajstić information content (AvgIpc) is 2.03. The van der Waals surface area contributed by atoms with Gasteiger partial charge in [0.1, 0.15) is 6.61 Å². The number of nitrogens with one attached hydrogen (secondary N) is 1. The minimum Gasteiger partial charge on any atom is -0.480 e. The Morgan fingerprint density at radius 2 is 2.23 bits per heavy atom. The topological polar surface area (TPSA) is 75.6 Å². The quantitative estimate of drug-likeness (QED) is 0.420. The predicted octanol–water partition coefficient (Wildman–Crippen LogP) is -0.773. The number of terminal acetylenes is 1. The Morgan fingerprint density at radius 3 is 2.77 bits per heavy atom. The van der Waals surface area contributed by atoms with E-state index in [1.807, 2.05) is 0 Å². The van der Waals surface area contributed by atoms with Crippen LogP contribution in [-0.2, 0) is 14.3 Å². The second-order valence-corrected chi connectivity index (χ2v) is 2.18. The molecule has 13 heavy (non-hydrogen) atoms. The maximum atomic E-state index is 10.7. The van der Waals surface area contributed by atoms with Crippen molar-refractivity contribution in [2.24, 2.45) is 0 Å². The molecule has 0 atom stereocenters. The van der Waals surface area contributed by atoms with E-state index in [4.69, 9.17) is 11.5 Å². The molecule has 2 N–H and O–H groups in total. The fraction of sp³-hybridized carbons (Fsp3) is 0.500. The third-order valence-corrected chi connectivity index (χ3v) is 1.06. The molecule has 0 heterocycles. The highest BCUT2D eigenvalue weighted by atomic mass is 16.5. The van der Waals surface area contributed by atoms with Crippen LogP contribution >= 0.6 is 0 Å². The number of carboxylic acid groups (broad SMARTS) is 1. The van der Waals surface area contributed by atoms with E-state index in [0.717, 1.165) is 0 Å². The molecule has 0 fully saturated rings. The van der Waals surface area contributed by atoms with Gasteiger partial charge >= 0.3 is 5.97 Å². The summed E-state index contributed by atoms with van der Waals surface area (Å²) in [5.41, 5.74) is 0. The van der Waals surface area contributed by atoms with Crippen LogP contribution in [0, 0.1) is 12.3 Å². The Labute approximate surface area is 76.1 Å². The minimum atomic E-state index is -1.03. The molecule has 0 saturated carbocycles. The molecule has 0 saturated heterocycles. The first-order chi connectivity index (χ1) is 6.16. The van der Waals surface area contributed by atoms with Crippen molar-refractivity contribution in [3.63, 3.8) is 0 Å². The lowest BCUT2D eigenvalue weighted by Crippen LogP contribution is -2.27. The average molecular weight is 185 g/mol. The summed E-state index contributed by atoms with van der Waals surface area (Å²) >= 11 is 0. The molecular weight excluding hydrogens is 174 g/mol. The van der Waals surface area contributed by atoms with Gasteiger partial charge in [-0.15, -0.1) is 6.42 Å². The summed E-state index contributed by atoms with van der Waals surface area (Å²) in [6, 6.07) is 0. The maximum absolute atomic E-state index is 10.7. The van der Waals surface area contributed by atoms with Crippen molar-refractivity contribution in [1.29, 1.82) is 0 Å². The van der Waals surface area contributed by atoms with Gasteiger partial charge < -0.3 is 15.2 Å². The van der Waals surface area contributed by atoms with Crippen LogP contribution in [-0.4, -0.2) is 36.7 Å². The molecule has 72 valence electrons. The van der Waals surface area contributed by atoms with Crippen LogP contribution in [0.1, 0.15) is 6.42 Å². The predicted molar refractivity (Wildman–Crippen MR) is 44.9 cm³/mol. The third-order valence-electron chi connectivity index (χ3n) is 1.06. The molecule has 5 heteroatoms. The third kappa shape index (κ3) is 8.37. The highest BCUT2D eigenvalue weighted by Gasteiger charge is 1.98. The van der Waals surface area contributed by atoms with Gasteiger partial charge in [0.05, 0.1) is 13.0 Å². The monoisotopic (exact) mass is 185 g/mol. The van der Waals surface area contributed by atoms with E-state index < -0.39 is 5.97 Å². The van der Waals surface area contributed by atoms with Crippen LogP contribution in [0.3, 0.4) is 0 Å². The molecule has 0 aliphatic rings. The number of ether oxygens (including phenoxy) is 1. The largest absolute Gasteiger partial charge is 0.480 e. The van der Waals surface area contributed by atoms with Crippen LogP contribution in [0.4, 0.5) is 0 Å². The molecule has 0 aromatic rings. The normalized spacial score (nSPS) is 8.85. The van der Waals surface area contributed by atoms with Crippen LogP contribution in [0.25, 0.3) is 0 Å². The molecule has 0 unspecified atom stereocenters. The molecule has 0 aromatic heterocycles. The number of rotatable bonds is 6. The van der Waals surface area contributed by atoms with Gasteiger partial charge in [-0.2, -0.15) is 0 Å². The van der Waals surface area contributed by atoms with Crippen molar-refractivity contribution in [2.45, 2.75) is 6.42 Å². The lowest BCUT2D eigenvalue weighted by molar-refractivity contribution is -0.142. The fourth-order valence-electron chi connectivity index (χ4n) is 0.577. The van der Waals surface area contributed by atoms with Gasteiger partial charge in [0.15, 0.2) is 0 Å². The van der Waals surface area contributed by atoms with Crippen molar-refractivity contribution < 1.29 is 19.4 Å². The van der Waals surface area contributed by atoms with Crippen LogP contribution in [0.5, 0.6) is 0 Å². The lowest BCUT2D eigenvalue weighted by atomic mass is 10.4. The molecule has 5 nitrogen and oxygen atoms in total. The SMILES string of the molecule is C#CCC(=O)NCCOCC(=O)O. The first-order valence-electron chi connectivity index (χ1n) is 3.66. The Kier molecular flexibility index (Phi) is 6.28. The van der Waals surface area contributed by atoms with E-state index in [1.54, 1.807) is 0 Å². The summed E-state index contributed by atoms with van der Waals surface area (Å²) in [5.74, 6) is 0.885. The van der Waals surface area contributed by atoms with Gasteiger partial charge in [-0.1, -0.05) is 5.92 Å². The molecule has 0 aliphatic carbocycles. The molecule has 0 bridgehead atoms. The molecule has 0 radical (unpaired) electrons. The smallest absolute Gasteiger partial charge is 0.329 e. The second kappa shape index (κ2) is 7.13. The van der Waals surface area contributed by atoms with Gasteiger partial charge in [0.2, 0.25) is 5.91 Å². The number of carbonyl (C=O) groups is 2. The van der Waals surface area contributed by atoms with Crippen LogP contribution in [0.15, 0.2) is 0 Å². The summed E-state index contributed by atoms with van der Waals surface area (Å²) in [7, 11) is 0. The maximum Gasteiger partial charge on any atom is 0.329 e. The number of amides is 1. The Bertz CT molecular complexity index is 219. The fourth-order valence-corrected chi connectivity index (χ4v) is 0.577. The standard InChI is InChI=1S/C8H11NO4/c1-2-3-7(10)9-4-5-13-6-8(11)12/h1H,3-6H2,(H,9,10)(H,11,12). The van der Waals surface area contributed by atoms with Gasteiger partial charge in [-0.3, -0.25) is 4.79 Å². The van der Waals surface area contributed by atoms with Crippen molar-refractivity contribution in [3.8, 4) is 12.3 Å². The highest BCUT2D eigenvalue weighted by molar-refractivity contribution is 5.78. The summed E-state index contributed by atoms with van der Waals surface area (Å²) in [5, 5.41) is 10.6. The van der Waals surface area contributed by atoms with Crippen LogP contribution < -0.4 is 5.32 Å². The molecule has 1 amide bonds. The number of aliphatic carboxylic acids is 1. The Balaban J connectivity index is 3.22. The summed E-state index contributed by atoms with van der Waals surface area (Å²) in [4.78, 5) is 20.7. The number of carboxylic acids is 1. The summed E-state index contributed by atoms with van der Waals surface area (Å²) in [6.07, 6.45) is 4.91. The first kappa shape index (κ1) is 11.5. The number of hydrogen-bond donors (Lipinski definition) is 2. The first-order valence-corrected chi connectivity index (χ1v) is 3.66.